The van der Waals surface area contributed by atoms with Crippen LogP contribution in [0.25, 0.3) is 0 Å². The molecule has 0 heterocycles. The van der Waals surface area contributed by atoms with E-state index in [0.717, 1.165) is 16.7 Å². The largest absolute Gasteiger partial charge is 0.411 e. The van der Waals surface area contributed by atoms with E-state index in [0.29, 0.717) is 0 Å². The van der Waals surface area contributed by atoms with Crippen molar-refractivity contribution in [3.63, 3.8) is 0 Å². The Kier molecular flexibility index (Phi) is 3.78. The molecular formula is C16H13NO. The highest BCUT2D eigenvalue weighted by atomic mass is 16.4. The summed E-state index contributed by atoms with van der Waals surface area (Å²) in [6.45, 7) is 2.04. The van der Waals surface area contributed by atoms with Crippen LogP contribution in [0.1, 0.15) is 22.3 Å². The first-order chi connectivity index (χ1) is 8.79. The molecule has 0 aromatic heterocycles. The van der Waals surface area contributed by atoms with Gasteiger partial charge in [-0.25, -0.2) is 0 Å². The number of rotatable bonds is 1. The number of hydrogen-bond donors (Lipinski definition) is 1. The lowest BCUT2D eigenvalue weighted by molar-refractivity contribution is 0.322. The Balaban J connectivity index is 2.35. The second kappa shape index (κ2) is 5.70. The fourth-order valence-electron chi connectivity index (χ4n) is 1.65. The smallest absolute Gasteiger partial charge is 0.0746 e. The first-order valence-electron chi connectivity index (χ1n) is 5.65. The number of aryl methyl sites for hydroxylation is 1. The zero-order chi connectivity index (χ0) is 12.8. The summed E-state index contributed by atoms with van der Waals surface area (Å²) in [5, 5.41) is 11.6. The summed E-state index contributed by atoms with van der Waals surface area (Å²) in [5.74, 6) is 6.20. The van der Waals surface area contributed by atoms with E-state index in [-0.39, 0.29) is 0 Å². The summed E-state index contributed by atoms with van der Waals surface area (Å²) in [7, 11) is 0. The topological polar surface area (TPSA) is 32.6 Å². The Morgan fingerprint density at radius 3 is 2.67 bits per heavy atom. The molecule has 0 radical (unpaired) electrons. The van der Waals surface area contributed by atoms with Crippen molar-refractivity contribution in [2.75, 3.05) is 0 Å². The van der Waals surface area contributed by atoms with Crippen molar-refractivity contribution in [3.8, 4) is 11.8 Å². The van der Waals surface area contributed by atoms with E-state index in [9.17, 15) is 0 Å². The SMILES string of the molecule is Cc1cccc(C#Cc2ccccc2/C=N/O)c1. The van der Waals surface area contributed by atoms with Gasteiger partial charge in [0.1, 0.15) is 0 Å². The van der Waals surface area contributed by atoms with Crippen LogP contribution in [-0.4, -0.2) is 11.4 Å². The van der Waals surface area contributed by atoms with Crippen LogP contribution >= 0.6 is 0 Å². The Hall–Kier alpha value is -2.53. The first kappa shape index (κ1) is 11.9. The lowest BCUT2D eigenvalue weighted by Gasteiger charge is -1.96. The molecular weight excluding hydrogens is 222 g/mol. The minimum Gasteiger partial charge on any atom is -0.411 e. The van der Waals surface area contributed by atoms with Crippen LogP contribution in [0.15, 0.2) is 53.7 Å². The summed E-state index contributed by atoms with van der Waals surface area (Å²) in [5.41, 5.74) is 3.81. The highest BCUT2D eigenvalue weighted by molar-refractivity contribution is 5.83. The fraction of sp³-hybridized carbons (Fsp3) is 0.0625. The molecule has 0 saturated carbocycles. The quantitative estimate of drug-likeness (QED) is 0.350. The van der Waals surface area contributed by atoms with Gasteiger partial charge >= 0.3 is 0 Å². The minimum absolute atomic E-state index is 0.806. The summed E-state index contributed by atoms with van der Waals surface area (Å²) in [4.78, 5) is 0. The van der Waals surface area contributed by atoms with Gasteiger partial charge in [-0.1, -0.05) is 47.3 Å². The molecule has 2 aromatic carbocycles. The molecule has 2 nitrogen and oxygen atoms in total. The average molecular weight is 235 g/mol. The van der Waals surface area contributed by atoms with E-state index in [1.54, 1.807) is 0 Å². The third kappa shape index (κ3) is 2.99. The minimum atomic E-state index is 0.806. The molecule has 18 heavy (non-hydrogen) atoms. The second-order valence-corrected chi connectivity index (χ2v) is 3.95. The molecule has 0 saturated heterocycles. The van der Waals surface area contributed by atoms with Crippen LogP contribution in [0.2, 0.25) is 0 Å². The molecule has 0 aliphatic rings. The van der Waals surface area contributed by atoms with E-state index >= 15 is 0 Å². The van der Waals surface area contributed by atoms with Gasteiger partial charge in [0, 0.05) is 16.7 Å². The van der Waals surface area contributed by atoms with Gasteiger partial charge in [-0.3, -0.25) is 0 Å². The van der Waals surface area contributed by atoms with Gasteiger partial charge in [-0.15, -0.1) is 0 Å². The number of benzene rings is 2. The monoisotopic (exact) mass is 235 g/mol. The van der Waals surface area contributed by atoms with E-state index < -0.39 is 0 Å². The normalized spacial score (nSPS) is 10.1. The van der Waals surface area contributed by atoms with Crippen molar-refractivity contribution >= 4 is 6.21 Å². The molecule has 0 spiro atoms. The average Bonchev–Trinajstić information content (AvgIpc) is 2.38. The van der Waals surface area contributed by atoms with E-state index in [4.69, 9.17) is 5.21 Å². The van der Waals surface area contributed by atoms with Crippen molar-refractivity contribution in [3.05, 3.63) is 70.8 Å². The third-order valence-corrected chi connectivity index (χ3v) is 2.52. The maximum absolute atomic E-state index is 8.59. The Bertz CT molecular complexity index is 633. The molecule has 1 N–H and O–H groups in total. The molecule has 88 valence electrons. The molecule has 2 aromatic rings. The zero-order valence-corrected chi connectivity index (χ0v) is 10.1. The highest BCUT2D eigenvalue weighted by Crippen LogP contribution is 2.06. The van der Waals surface area contributed by atoms with Gasteiger partial charge in [-0.2, -0.15) is 0 Å². The van der Waals surface area contributed by atoms with Crippen LogP contribution in [0, 0.1) is 18.8 Å². The summed E-state index contributed by atoms with van der Waals surface area (Å²) in [6, 6.07) is 15.6. The molecule has 0 aliphatic carbocycles. The molecule has 2 heteroatoms. The van der Waals surface area contributed by atoms with Crippen LogP contribution in [0.5, 0.6) is 0 Å². The van der Waals surface area contributed by atoms with Crippen molar-refractivity contribution in [2.24, 2.45) is 5.16 Å². The van der Waals surface area contributed by atoms with Crippen LogP contribution in [0.4, 0.5) is 0 Å². The predicted molar refractivity (Wildman–Crippen MR) is 73.0 cm³/mol. The van der Waals surface area contributed by atoms with E-state index in [1.165, 1.54) is 11.8 Å². The number of nitrogens with zero attached hydrogens (tertiary/aromatic N) is 1. The maximum atomic E-state index is 8.59. The van der Waals surface area contributed by atoms with E-state index in [2.05, 4.69) is 17.0 Å². The van der Waals surface area contributed by atoms with Gasteiger partial charge < -0.3 is 5.21 Å². The van der Waals surface area contributed by atoms with Gasteiger partial charge in [0.05, 0.1) is 6.21 Å². The fourth-order valence-corrected chi connectivity index (χ4v) is 1.65. The Morgan fingerprint density at radius 1 is 1.06 bits per heavy atom. The molecule has 0 fully saturated rings. The summed E-state index contributed by atoms with van der Waals surface area (Å²) >= 11 is 0. The molecule has 2 rings (SSSR count). The molecule has 0 aliphatic heterocycles. The van der Waals surface area contributed by atoms with Gasteiger partial charge in [0.15, 0.2) is 0 Å². The zero-order valence-electron chi connectivity index (χ0n) is 10.1. The Labute approximate surface area is 107 Å². The lowest BCUT2D eigenvalue weighted by atomic mass is 10.1. The second-order valence-electron chi connectivity index (χ2n) is 3.95. The molecule has 0 unspecified atom stereocenters. The summed E-state index contributed by atoms with van der Waals surface area (Å²) < 4.78 is 0. The summed E-state index contributed by atoms with van der Waals surface area (Å²) in [6.07, 6.45) is 1.39. The van der Waals surface area contributed by atoms with Crippen molar-refractivity contribution < 1.29 is 5.21 Å². The Morgan fingerprint density at radius 2 is 1.89 bits per heavy atom. The first-order valence-corrected chi connectivity index (χ1v) is 5.65. The van der Waals surface area contributed by atoms with Crippen molar-refractivity contribution in [1.29, 1.82) is 0 Å². The van der Waals surface area contributed by atoms with Gasteiger partial charge in [0.25, 0.3) is 0 Å². The van der Waals surface area contributed by atoms with Gasteiger partial charge in [-0.05, 0) is 30.7 Å². The highest BCUT2D eigenvalue weighted by Gasteiger charge is 1.95. The van der Waals surface area contributed by atoms with Gasteiger partial charge in [0.2, 0.25) is 0 Å². The molecule has 0 atom stereocenters. The maximum Gasteiger partial charge on any atom is 0.0746 e. The van der Waals surface area contributed by atoms with Crippen molar-refractivity contribution in [2.45, 2.75) is 6.92 Å². The van der Waals surface area contributed by atoms with Crippen LogP contribution in [0.3, 0.4) is 0 Å². The lowest BCUT2D eigenvalue weighted by Crippen LogP contribution is -1.87. The predicted octanol–water partition coefficient (Wildman–Crippen LogP) is 3.20. The number of oxime groups is 1. The standard InChI is InChI=1S/C16H13NO/c1-13-5-4-6-14(11-13)9-10-15-7-2-3-8-16(15)12-17-18/h2-8,11-12,18H,1H3/b17-12+. The molecule has 0 bridgehead atoms. The number of hydrogen-bond acceptors (Lipinski definition) is 2. The van der Waals surface area contributed by atoms with Crippen molar-refractivity contribution in [1.82, 2.24) is 0 Å². The molecule has 0 amide bonds. The third-order valence-electron chi connectivity index (χ3n) is 2.52. The van der Waals surface area contributed by atoms with Crippen LogP contribution in [-0.2, 0) is 0 Å². The van der Waals surface area contributed by atoms with Crippen LogP contribution < -0.4 is 0 Å². The van der Waals surface area contributed by atoms with E-state index in [1.807, 2.05) is 55.5 Å².